The van der Waals surface area contributed by atoms with Crippen LogP contribution < -0.4 is 20.1 Å². The standard InChI is InChI=1S/C41H51F2N5O8S/c1-24-34-27(28-20-29(42)30(43)21-32(28)44-24)15-16-40(56-34)22-33-35(49)46-41(37(51)47-57(53,54)39(2)18-19-39)17-14-25(41)10-6-4-3-5-7-13-31(36(50)48(33)23-40)45-38(52)55-26-11-8-9-12-26/h6,10,20-21,25-26,31,33H,3-5,7-9,11-19,22-23H2,1-2H3,(H,45,52)(H,46,49)(H,47,51). The molecule has 1 spiro atoms. The Morgan fingerprint density at radius 3 is 2.46 bits per heavy atom. The minimum atomic E-state index is -4.04. The molecule has 3 aliphatic heterocycles. The second-order valence-corrected chi connectivity index (χ2v) is 19.5. The van der Waals surface area contributed by atoms with Crippen molar-refractivity contribution in [3.8, 4) is 5.75 Å². The first kappa shape index (κ1) is 39.5. The highest BCUT2D eigenvalue weighted by molar-refractivity contribution is 7.91. The number of nitrogens with zero attached hydrogens (tertiary/aromatic N) is 2. The van der Waals surface area contributed by atoms with Gasteiger partial charge in [0.05, 0.1) is 22.5 Å². The maximum atomic E-state index is 14.8. The summed E-state index contributed by atoms with van der Waals surface area (Å²) in [6, 6.07) is -0.0458. The van der Waals surface area contributed by atoms with Crippen molar-refractivity contribution in [3.05, 3.63) is 47.2 Å². The number of carbonyl (C=O) groups is 4. The summed E-state index contributed by atoms with van der Waals surface area (Å²) < 4.78 is 69.0. The van der Waals surface area contributed by atoms with Gasteiger partial charge < -0.3 is 25.0 Å². The molecule has 8 rings (SSSR count). The topological polar surface area (TPSA) is 173 Å². The lowest BCUT2D eigenvalue weighted by Crippen LogP contribution is -2.70. The summed E-state index contributed by atoms with van der Waals surface area (Å²) >= 11 is 0. The van der Waals surface area contributed by atoms with E-state index in [1.54, 1.807) is 13.8 Å². The number of nitrogens with one attached hydrogen (secondary N) is 3. The van der Waals surface area contributed by atoms with Gasteiger partial charge in [-0.2, -0.15) is 0 Å². The van der Waals surface area contributed by atoms with E-state index in [1.165, 1.54) is 4.90 Å². The fourth-order valence-corrected chi connectivity index (χ4v) is 10.7. The van der Waals surface area contributed by atoms with Gasteiger partial charge in [0.15, 0.2) is 11.6 Å². The summed E-state index contributed by atoms with van der Waals surface area (Å²) in [5.74, 6) is -4.12. The molecular weight excluding hydrogens is 761 g/mol. The molecule has 57 heavy (non-hydrogen) atoms. The number of amides is 4. The number of ether oxygens (including phenoxy) is 2. The summed E-state index contributed by atoms with van der Waals surface area (Å²) in [5, 5.41) is 6.18. The van der Waals surface area contributed by atoms with Crippen LogP contribution in [0.4, 0.5) is 13.6 Å². The third kappa shape index (κ3) is 7.35. The van der Waals surface area contributed by atoms with Crippen LogP contribution in [0, 0.1) is 24.5 Å². The number of halogens is 2. The van der Waals surface area contributed by atoms with Crippen LogP contribution in [0.3, 0.4) is 0 Å². The molecule has 5 atom stereocenters. The van der Waals surface area contributed by atoms with Gasteiger partial charge in [-0.25, -0.2) is 27.0 Å². The lowest BCUT2D eigenvalue weighted by atomic mass is 9.65. The quantitative estimate of drug-likeness (QED) is 0.339. The maximum absolute atomic E-state index is 14.8. The van der Waals surface area contributed by atoms with E-state index in [4.69, 9.17) is 9.47 Å². The molecule has 3 saturated carbocycles. The molecule has 1 aromatic heterocycles. The number of hydrogen-bond acceptors (Lipinski definition) is 9. The summed E-state index contributed by atoms with van der Waals surface area (Å²) in [5.41, 5.74) is -1.36. The number of alkyl carbamates (subject to hydrolysis) is 1. The van der Waals surface area contributed by atoms with E-state index in [0.29, 0.717) is 73.8 Å². The first-order chi connectivity index (χ1) is 27.1. The highest BCUT2D eigenvalue weighted by Gasteiger charge is 2.59. The summed E-state index contributed by atoms with van der Waals surface area (Å²) in [4.78, 5) is 62.9. The Morgan fingerprint density at radius 1 is 1.00 bits per heavy atom. The average molecular weight is 812 g/mol. The number of sulfonamides is 1. The predicted octanol–water partition coefficient (Wildman–Crippen LogP) is 5.31. The Morgan fingerprint density at radius 2 is 1.74 bits per heavy atom. The molecule has 0 bridgehead atoms. The monoisotopic (exact) mass is 811 g/mol. The van der Waals surface area contributed by atoms with Crippen molar-refractivity contribution < 1.29 is 45.9 Å². The number of carbonyl (C=O) groups excluding carboxylic acids is 4. The minimum Gasteiger partial charge on any atom is -0.483 e. The van der Waals surface area contributed by atoms with Gasteiger partial charge in [0.1, 0.15) is 35.1 Å². The number of rotatable bonds is 5. The molecule has 13 nitrogen and oxygen atoms in total. The van der Waals surface area contributed by atoms with Crippen molar-refractivity contribution in [2.75, 3.05) is 6.54 Å². The number of pyridine rings is 1. The highest BCUT2D eigenvalue weighted by atomic mass is 32.2. The number of benzene rings is 1. The SMILES string of the molecule is Cc1nc2cc(F)c(F)cc2c2c1OC1(CC2)CC2C(=O)NC3(C(=O)NS(=O)(=O)C4(C)CC4)CCC3C=CCCCCCC(NC(=O)OC3CCCC3)C(=O)N2C1. The van der Waals surface area contributed by atoms with Gasteiger partial charge in [-0.05, 0) is 103 Å². The van der Waals surface area contributed by atoms with E-state index in [-0.39, 0.29) is 31.0 Å². The predicted molar refractivity (Wildman–Crippen MR) is 204 cm³/mol. The van der Waals surface area contributed by atoms with Crippen molar-refractivity contribution in [1.82, 2.24) is 25.2 Å². The Bertz CT molecular complexity index is 2140. The van der Waals surface area contributed by atoms with E-state index in [2.05, 4.69) is 20.3 Å². The van der Waals surface area contributed by atoms with E-state index >= 15 is 0 Å². The molecule has 4 fully saturated rings. The van der Waals surface area contributed by atoms with Crippen LogP contribution >= 0.6 is 0 Å². The Kier molecular flexibility index (Phi) is 10.2. The summed E-state index contributed by atoms with van der Waals surface area (Å²) in [6.07, 6.45) is 11.6. The summed E-state index contributed by atoms with van der Waals surface area (Å²) in [7, 11) is -4.04. The van der Waals surface area contributed by atoms with E-state index in [9.17, 15) is 36.4 Å². The van der Waals surface area contributed by atoms with Crippen LogP contribution in [0.15, 0.2) is 24.3 Å². The van der Waals surface area contributed by atoms with E-state index < -0.39 is 79.4 Å². The molecule has 5 unspecified atom stereocenters. The molecule has 0 radical (unpaired) electrons. The Labute approximate surface area is 331 Å². The van der Waals surface area contributed by atoms with Gasteiger partial charge in [0, 0.05) is 29.4 Å². The van der Waals surface area contributed by atoms with E-state index in [0.717, 1.165) is 50.7 Å². The normalized spacial score (nSPS) is 30.2. The molecule has 4 heterocycles. The van der Waals surface area contributed by atoms with Crippen molar-refractivity contribution in [1.29, 1.82) is 0 Å². The smallest absolute Gasteiger partial charge is 0.408 e. The maximum Gasteiger partial charge on any atom is 0.408 e. The second-order valence-electron chi connectivity index (χ2n) is 17.3. The second kappa shape index (κ2) is 14.8. The van der Waals surface area contributed by atoms with Crippen LogP contribution in [0.1, 0.15) is 114 Å². The van der Waals surface area contributed by atoms with Crippen molar-refractivity contribution >= 4 is 44.7 Å². The van der Waals surface area contributed by atoms with Gasteiger partial charge in [-0.15, -0.1) is 0 Å². The van der Waals surface area contributed by atoms with Crippen molar-refractivity contribution in [3.63, 3.8) is 0 Å². The van der Waals surface area contributed by atoms with Gasteiger partial charge in [-0.1, -0.05) is 25.0 Å². The molecule has 4 amide bonds. The lowest BCUT2D eigenvalue weighted by Gasteiger charge is -2.48. The lowest BCUT2D eigenvalue weighted by molar-refractivity contribution is -0.144. The van der Waals surface area contributed by atoms with Crippen LogP contribution in [0.2, 0.25) is 0 Å². The fourth-order valence-electron chi connectivity index (χ4n) is 9.39. The molecule has 308 valence electrons. The van der Waals surface area contributed by atoms with Crippen LogP contribution in [0.25, 0.3) is 10.9 Å². The van der Waals surface area contributed by atoms with Crippen LogP contribution in [-0.2, 0) is 35.6 Å². The zero-order valence-electron chi connectivity index (χ0n) is 32.5. The van der Waals surface area contributed by atoms with Gasteiger partial charge in [0.25, 0.3) is 5.91 Å². The average Bonchev–Trinajstić information content (AvgIpc) is 3.54. The molecule has 1 saturated heterocycles. The number of allylic oxidation sites excluding steroid dienone is 1. The molecule has 3 aliphatic carbocycles. The number of fused-ring (bicyclic) bond motifs is 5. The Balaban J connectivity index is 1.14. The Hall–Kier alpha value is -4.34. The zero-order valence-corrected chi connectivity index (χ0v) is 33.3. The van der Waals surface area contributed by atoms with Gasteiger partial charge >= 0.3 is 6.09 Å². The van der Waals surface area contributed by atoms with Gasteiger partial charge in [0.2, 0.25) is 21.8 Å². The highest BCUT2D eigenvalue weighted by Crippen LogP contribution is 2.47. The molecule has 1 aromatic carbocycles. The number of aromatic nitrogens is 1. The van der Waals surface area contributed by atoms with E-state index in [1.807, 2.05) is 12.2 Å². The number of hydrogen-bond donors (Lipinski definition) is 3. The third-order valence-corrected chi connectivity index (χ3v) is 15.5. The van der Waals surface area contributed by atoms with Gasteiger partial charge in [-0.3, -0.25) is 19.1 Å². The fraction of sp³-hybridized carbons (Fsp3) is 0.634. The zero-order chi connectivity index (χ0) is 40.3. The van der Waals surface area contributed by atoms with Crippen LogP contribution in [0.5, 0.6) is 5.75 Å². The summed E-state index contributed by atoms with van der Waals surface area (Å²) in [6.45, 7) is 3.23. The van der Waals surface area contributed by atoms with Crippen molar-refractivity contribution in [2.45, 2.75) is 151 Å². The number of aryl methyl sites for hydroxylation is 2. The largest absolute Gasteiger partial charge is 0.483 e. The molecule has 16 heteroatoms. The molecule has 3 N–H and O–H groups in total. The first-order valence-corrected chi connectivity index (χ1v) is 21.9. The molecule has 2 aromatic rings. The minimum absolute atomic E-state index is 0.00703. The van der Waals surface area contributed by atoms with Crippen molar-refractivity contribution in [2.24, 2.45) is 5.92 Å². The third-order valence-electron chi connectivity index (χ3n) is 13.4. The molecular formula is C41H51F2N5O8S. The van der Waals surface area contributed by atoms with Crippen LogP contribution in [-0.4, -0.2) is 82.7 Å². The molecule has 6 aliphatic rings. The first-order valence-electron chi connectivity index (χ1n) is 20.4.